The quantitative estimate of drug-likeness (QED) is 0.760. The van der Waals surface area contributed by atoms with Crippen LogP contribution in [0, 0.1) is 11.8 Å². The molecule has 1 aliphatic rings. The van der Waals surface area contributed by atoms with Crippen molar-refractivity contribution in [3.8, 4) is 0 Å². The summed E-state index contributed by atoms with van der Waals surface area (Å²) in [6, 6.07) is 0. The number of rotatable bonds is 5. The van der Waals surface area contributed by atoms with Gasteiger partial charge < -0.3 is 15.3 Å². The molecular formula is C13H22N2O4. The normalized spacial score (nSPS) is 22.6. The van der Waals surface area contributed by atoms with Crippen molar-refractivity contribution in [3.05, 3.63) is 0 Å². The first-order chi connectivity index (χ1) is 8.95. The fourth-order valence-corrected chi connectivity index (χ4v) is 2.22. The lowest BCUT2D eigenvalue weighted by molar-refractivity contribution is -0.144. The first-order valence-corrected chi connectivity index (χ1v) is 6.70. The number of nitrogens with one attached hydrogen (secondary N) is 1. The second-order valence-corrected chi connectivity index (χ2v) is 5.01. The predicted octanol–water partition coefficient (Wildman–Crippen LogP) is 0.472. The van der Waals surface area contributed by atoms with Crippen LogP contribution in [0.4, 0.5) is 0 Å². The molecule has 0 saturated heterocycles. The third-order valence-corrected chi connectivity index (χ3v) is 3.76. The van der Waals surface area contributed by atoms with Crippen molar-refractivity contribution in [2.45, 2.75) is 32.6 Å². The van der Waals surface area contributed by atoms with Gasteiger partial charge in [0.25, 0.3) is 0 Å². The van der Waals surface area contributed by atoms with Crippen LogP contribution in [0.2, 0.25) is 0 Å². The molecule has 0 aromatic heterocycles. The second-order valence-electron chi connectivity index (χ2n) is 5.01. The molecule has 1 saturated carbocycles. The Bertz CT molecular complexity index is 349. The maximum Gasteiger partial charge on any atom is 0.306 e. The molecule has 0 aromatic rings. The molecule has 0 aromatic carbocycles. The summed E-state index contributed by atoms with van der Waals surface area (Å²) in [6.07, 6.45) is 2.24. The van der Waals surface area contributed by atoms with Gasteiger partial charge in [0, 0.05) is 19.5 Å². The van der Waals surface area contributed by atoms with Crippen LogP contribution in [0.3, 0.4) is 0 Å². The molecule has 0 unspecified atom stereocenters. The lowest BCUT2D eigenvalue weighted by atomic mass is 9.81. The number of aliphatic carboxylic acids is 1. The first-order valence-electron chi connectivity index (χ1n) is 6.70. The van der Waals surface area contributed by atoms with Gasteiger partial charge in [0.2, 0.25) is 11.8 Å². The summed E-state index contributed by atoms with van der Waals surface area (Å²) in [7, 11) is 1.69. The number of carbonyl (C=O) groups excluding carboxylic acids is 2. The molecule has 19 heavy (non-hydrogen) atoms. The highest BCUT2D eigenvalue weighted by Crippen LogP contribution is 2.28. The highest BCUT2D eigenvalue weighted by molar-refractivity contribution is 5.85. The van der Waals surface area contributed by atoms with Gasteiger partial charge in [0.05, 0.1) is 12.5 Å². The average Bonchev–Trinajstić information content (AvgIpc) is 2.43. The van der Waals surface area contributed by atoms with Crippen LogP contribution in [0.1, 0.15) is 32.6 Å². The van der Waals surface area contributed by atoms with Crippen LogP contribution >= 0.6 is 0 Å². The maximum absolute atomic E-state index is 11.9. The van der Waals surface area contributed by atoms with E-state index in [4.69, 9.17) is 5.11 Å². The number of carbonyl (C=O) groups is 3. The van der Waals surface area contributed by atoms with E-state index in [2.05, 4.69) is 5.32 Å². The van der Waals surface area contributed by atoms with E-state index in [0.29, 0.717) is 32.2 Å². The van der Waals surface area contributed by atoms with Crippen molar-refractivity contribution >= 4 is 17.8 Å². The number of likely N-dealkylation sites (N-methyl/N-ethyl adjacent to an activating group) is 1. The first kappa shape index (κ1) is 15.5. The number of carboxylic acid groups (broad SMARTS) is 1. The van der Waals surface area contributed by atoms with E-state index in [1.54, 1.807) is 11.9 Å². The fourth-order valence-electron chi connectivity index (χ4n) is 2.22. The molecule has 0 aliphatic heterocycles. The topological polar surface area (TPSA) is 86.7 Å². The summed E-state index contributed by atoms with van der Waals surface area (Å²) in [5, 5.41) is 11.5. The predicted molar refractivity (Wildman–Crippen MR) is 69.4 cm³/mol. The smallest absolute Gasteiger partial charge is 0.306 e. The Kier molecular flexibility index (Phi) is 5.79. The van der Waals surface area contributed by atoms with E-state index in [1.165, 1.54) is 0 Å². The van der Waals surface area contributed by atoms with Crippen LogP contribution in [0.15, 0.2) is 0 Å². The SMILES string of the molecule is CCN(C)C(=O)CNC(=O)C1CCC(C(=O)O)CC1. The van der Waals surface area contributed by atoms with Crippen LogP contribution in [0.25, 0.3) is 0 Å². The lowest BCUT2D eigenvalue weighted by Gasteiger charge is -2.25. The molecule has 6 nitrogen and oxygen atoms in total. The highest BCUT2D eigenvalue weighted by Gasteiger charge is 2.29. The van der Waals surface area contributed by atoms with E-state index in [-0.39, 0.29) is 30.2 Å². The summed E-state index contributed by atoms with van der Waals surface area (Å²) in [5.41, 5.74) is 0. The summed E-state index contributed by atoms with van der Waals surface area (Å²) in [6.45, 7) is 2.49. The van der Waals surface area contributed by atoms with E-state index in [9.17, 15) is 14.4 Å². The molecular weight excluding hydrogens is 248 g/mol. The Balaban J connectivity index is 2.32. The van der Waals surface area contributed by atoms with Gasteiger partial charge in [0.15, 0.2) is 0 Å². The van der Waals surface area contributed by atoms with Crippen LogP contribution in [-0.4, -0.2) is 47.9 Å². The molecule has 0 heterocycles. The Labute approximate surface area is 113 Å². The van der Waals surface area contributed by atoms with Crippen molar-refractivity contribution in [1.82, 2.24) is 10.2 Å². The molecule has 0 spiro atoms. The second kappa shape index (κ2) is 7.11. The molecule has 0 radical (unpaired) electrons. The zero-order valence-corrected chi connectivity index (χ0v) is 11.5. The summed E-state index contributed by atoms with van der Waals surface area (Å²) >= 11 is 0. The zero-order chi connectivity index (χ0) is 14.4. The van der Waals surface area contributed by atoms with Crippen molar-refractivity contribution < 1.29 is 19.5 Å². The molecule has 1 aliphatic carbocycles. The van der Waals surface area contributed by atoms with Crippen molar-refractivity contribution in [1.29, 1.82) is 0 Å². The summed E-state index contributed by atoms with van der Waals surface area (Å²) in [4.78, 5) is 35.7. The van der Waals surface area contributed by atoms with Crippen LogP contribution in [-0.2, 0) is 14.4 Å². The number of carboxylic acids is 1. The number of nitrogens with zero attached hydrogens (tertiary/aromatic N) is 1. The van der Waals surface area contributed by atoms with Gasteiger partial charge in [-0.25, -0.2) is 0 Å². The zero-order valence-electron chi connectivity index (χ0n) is 11.5. The minimum atomic E-state index is -0.779. The molecule has 0 atom stereocenters. The van der Waals surface area contributed by atoms with Gasteiger partial charge in [-0.3, -0.25) is 14.4 Å². The molecule has 1 fully saturated rings. The van der Waals surface area contributed by atoms with Crippen molar-refractivity contribution in [3.63, 3.8) is 0 Å². The lowest BCUT2D eigenvalue weighted by Crippen LogP contribution is -2.41. The average molecular weight is 270 g/mol. The largest absolute Gasteiger partial charge is 0.481 e. The number of amides is 2. The molecule has 108 valence electrons. The van der Waals surface area contributed by atoms with Crippen molar-refractivity contribution in [2.24, 2.45) is 11.8 Å². The van der Waals surface area contributed by atoms with Gasteiger partial charge in [-0.2, -0.15) is 0 Å². The van der Waals surface area contributed by atoms with Gasteiger partial charge >= 0.3 is 5.97 Å². The Morgan fingerprint density at radius 1 is 1.16 bits per heavy atom. The van der Waals surface area contributed by atoms with Gasteiger partial charge in [-0.15, -0.1) is 0 Å². The molecule has 6 heteroatoms. The van der Waals surface area contributed by atoms with Crippen LogP contribution < -0.4 is 5.32 Å². The molecule has 2 N–H and O–H groups in total. The molecule has 1 rings (SSSR count). The Morgan fingerprint density at radius 2 is 1.68 bits per heavy atom. The van der Waals surface area contributed by atoms with E-state index >= 15 is 0 Å². The maximum atomic E-state index is 11.9. The van der Waals surface area contributed by atoms with Gasteiger partial charge in [0.1, 0.15) is 0 Å². The fraction of sp³-hybridized carbons (Fsp3) is 0.769. The van der Waals surface area contributed by atoms with Crippen LogP contribution in [0.5, 0.6) is 0 Å². The Morgan fingerprint density at radius 3 is 2.16 bits per heavy atom. The standard InChI is InChI=1S/C13H22N2O4/c1-3-15(2)11(16)8-14-12(17)9-4-6-10(7-5-9)13(18)19/h9-10H,3-8H2,1-2H3,(H,14,17)(H,18,19). The Hall–Kier alpha value is -1.59. The number of hydrogen-bond donors (Lipinski definition) is 2. The minimum Gasteiger partial charge on any atom is -0.481 e. The third kappa shape index (κ3) is 4.54. The van der Waals surface area contributed by atoms with Gasteiger partial charge in [-0.05, 0) is 32.6 Å². The highest BCUT2D eigenvalue weighted by atomic mass is 16.4. The minimum absolute atomic E-state index is 0.0159. The van der Waals surface area contributed by atoms with E-state index in [0.717, 1.165) is 0 Å². The third-order valence-electron chi connectivity index (χ3n) is 3.76. The van der Waals surface area contributed by atoms with Gasteiger partial charge in [-0.1, -0.05) is 0 Å². The van der Waals surface area contributed by atoms with Crippen molar-refractivity contribution in [2.75, 3.05) is 20.1 Å². The monoisotopic (exact) mass is 270 g/mol. The molecule has 2 amide bonds. The van der Waals surface area contributed by atoms with E-state index in [1.807, 2.05) is 6.92 Å². The summed E-state index contributed by atoms with van der Waals surface area (Å²) < 4.78 is 0. The summed E-state index contributed by atoms with van der Waals surface area (Å²) in [5.74, 6) is -1.51. The van der Waals surface area contributed by atoms with E-state index < -0.39 is 5.97 Å². The molecule has 0 bridgehead atoms. The number of hydrogen-bond acceptors (Lipinski definition) is 3.